The number of amides is 3. The van der Waals surface area contributed by atoms with Gasteiger partial charge in [0.25, 0.3) is 11.8 Å². The number of rotatable bonds is 6. The Hall–Kier alpha value is -4.01. The molecule has 212 valence electrons. The van der Waals surface area contributed by atoms with Crippen LogP contribution in [0.3, 0.4) is 0 Å². The molecule has 2 saturated carbocycles. The summed E-state index contributed by atoms with van der Waals surface area (Å²) in [6, 6.07) is 13.4. The fraction of sp³-hybridized carbons (Fsp3) is 0.469. The van der Waals surface area contributed by atoms with Crippen LogP contribution in [0.1, 0.15) is 96.4 Å². The van der Waals surface area contributed by atoms with Gasteiger partial charge in [0.15, 0.2) is 0 Å². The van der Waals surface area contributed by atoms with E-state index >= 15 is 0 Å². The maximum Gasteiger partial charge on any atom is 0.410 e. The van der Waals surface area contributed by atoms with E-state index in [-0.39, 0.29) is 35.8 Å². The Bertz CT molecular complexity index is 1500. The van der Waals surface area contributed by atoms with Crippen LogP contribution in [-0.2, 0) is 4.74 Å². The van der Waals surface area contributed by atoms with E-state index in [9.17, 15) is 14.4 Å². The Kier molecular flexibility index (Phi) is 6.03. The third-order valence-electron chi connectivity index (χ3n) is 8.63. The average Bonchev–Trinajstić information content (AvgIpc) is 3.59. The second-order valence-corrected chi connectivity index (χ2v) is 13.0. The second-order valence-electron chi connectivity index (χ2n) is 13.0. The zero-order valence-electron chi connectivity index (χ0n) is 23.7. The lowest BCUT2D eigenvalue weighted by Crippen LogP contribution is -2.50. The Morgan fingerprint density at radius 3 is 2.24 bits per heavy atom. The molecular weight excluding hydrogens is 518 g/mol. The van der Waals surface area contributed by atoms with Crippen molar-refractivity contribution in [2.75, 3.05) is 19.6 Å². The Morgan fingerprint density at radius 2 is 1.61 bits per heavy atom. The van der Waals surface area contributed by atoms with Gasteiger partial charge in [-0.05, 0) is 76.6 Å². The first kappa shape index (κ1) is 25.9. The molecule has 0 N–H and O–H groups in total. The molecule has 0 bridgehead atoms. The molecule has 1 aromatic carbocycles. The third kappa shape index (κ3) is 4.81. The summed E-state index contributed by atoms with van der Waals surface area (Å²) in [6.45, 7) is 7.31. The van der Waals surface area contributed by atoms with E-state index in [1.165, 1.54) is 4.90 Å². The molecule has 4 aliphatic rings. The summed E-state index contributed by atoms with van der Waals surface area (Å²) in [5.41, 5.74) is 4.62. The van der Waals surface area contributed by atoms with Crippen molar-refractivity contribution < 1.29 is 19.1 Å². The zero-order chi connectivity index (χ0) is 28.5. The van der Waals surface area contributed by atoms with E-state index in [0.717, 1.165) is 48.3 Å². The first-order valence-corrected chi connectivity index (χ1v) is 14.6. The predicted molar refractivity (Wildman–Crippen MR) is 152 cm³/mol. The first-order chi connectivity index (χ1) is 19.6. The number of pyridine rings is 1. The van der Waals surface area contributed by atoms with E-state index in [2.05, 4.69) is 10.9 Å². The van der Waals surface area contributed by atoms with Crippen LogP contribution in [0.15, 0.2) is 48.7 Å². The van der Waals surface area contributed by atoms with Crippen LogP contribution in [0.25, 0.3) is 11.3 Å². The summed E-state index contributed by atoms with van der Waals surface area (Å²) >= 11 is 0. The highest BCUT2D eigenvalue weighted by Gasteiger charge is 2.41. The van der Waals surface area contributed by atoms with Crippen molar-refractivity contribution in [2.24, 2.45) is 5.92 Å². The molecule has 0 unspecified atom stereocenters. The largest absolute Gasteiger partial charge is 0.444 e. The second kappa shape index (κ2) is 9.53. The zero-order valence-corrected chi connectivity index (χ0v) is 23.7. The van der Waals surface area contributed by atoms with Gasteiger partial charge in [-0.2, -0.15) is 5.10 Å². The highest BCUT2D eigenvalue weighted by atomic mass is 16.6. The fourth-order valence-corrected chi connectivity index (χ4v) is 6.15. The van der Waals surface area contributed by atoms with E-state index in [0.29, 0.717) is 36.7 Å². The number of fused-ring (bicyclic) bond motifs is 1. The van der Waals surface area contributed by atoms with E-state index < -0.39 is 5.60 Å². The lowest BCUT2D eigenvalue weighted by atomic mass is 9.80. The van der Waals surface area contributed by atoms with Crippen LogP contribution in [0, 0.1) is 5.92 Å². The number of ether oxygens (including phenoxy) is 1. The molecule has 2 aliphatic heterocycles. The van der Waals surface area contributed by atoms with Crippen molar-refractivity contribution in [3.05, 3.63) is 71.2 Å². The summed E-state index contributed by atoms with van der Waals surface area (Å²) < 4.78 is 7.59. The Balaban J connectivity index is 1.02. The first-order valence-electron chi connectivity index (χ1n) is 14.6. The van der Waals surface area contributed by atoms with E-state index in [1.807, 2.05) is 39.0 Å². The quantitative estimate of drug-likeness (QED) is 0.379. The molecule has 3 amide bonds. The molecular formula is C32H35N5O4. The summed E-state index contributed by atoms with van der Waals surface area (Å²) in [6.07, 6.45) is 5.91. The van der Waals surface area contributed by atoms with Gasteiger partial charge in [0.2, 0.25) is 0 Å². The maximum absolute atomic E-state index is 12.8. The van der Waals surface area contributed by atoms with Crippen LogP contribution < -0.4 is 0 Å². The molecule has 9 heteroatoms. The topological polar surface area (TPSA) is 97.6 Å². The van der Waals surface area contributed by atoms with Crippen molar-refractivity contribution in [2.45, 2.75) is 69.9 Å². The number of aromatic nitrogens is 3. The smallest absolute Gasteiger partial charge is 0.410 e. The summed E-state index contributed by atoms with van der Waals surface area (Å²) in [4.78, 5) is 46.1. The SMILES string of the molecule is CC(C)(C)OC(=O)N1CC(c2cccc(-c3cn([C@H]4C[C@H](CN5C(=O)c6ccccc6C5=O)C4)nc3C3CC3)n2)C1. The standard InChI is InChI=1S/C32H35N5O4/c1-32(2,3)41-31(40)35-16-21(17-35)26-9-6-10-27(33-26)25-18-37(34-28(25)20-11-12-20)22-13-19(14-22)15-36-29(38)23-7-4-5-8-24(23)30(36)39/h4-10,18-22H,11-17H2,1-3H3/t19-,22-. The minimum Gasteiger partial charge on any atom is -0.444 e. The molecule has 2 aromatic heterocycles. The number of hydrogen-bond acceptors (Lipinski definition) is 6. The molecule has 1 saturated heterocycles. The minimum atomic E-state index is -0.505. The number of nitrogens with zero attached hydrogens (tertiary/aromatic N) is 5. The molecule has 7 rings (SSSR count). The van der Waals surface area contributed by atoms with Crippen LogP contribution >= 0.6 is 0 Å². The van der Waals surface area contributed by atoms with Gasteiger partial charge in [0.05, 0.1) is 28.6 Å². The lowest BCUT2D eigenvalue weighted by Gasteiger charge is -2.39. The summed E-state index contributed by atoms with van der Waals surface area (Å²) in [5, 5.41) is 5.04. The predicted octanol–water partition coefficient (Wildman–Crippen LogP) is 5.40. The average molecular weight is 554 g/mol. The Labute approximate surface area is 239 Å². The summed E-state index contributed by atoms with van der Waals surface area (Å²) in [5.74, 6) is 0.567. The van der Waals surface area contributed by atoms with Gasteiger partial charge in [0, 0.05) is 48.9 Å². The normalized spacial score (nSPS) is 22.4. The molecule has 9 nitrogen and oxygen atoms in total. The number of likely N-dealkylation sites (tertiary alicyclic amines) is 1. The molecule has 0 radical (unpaired) electrons. The summed E-state index contributed by atoms with van der Waals surface area (Å²) in [7, 11) is 0. The number of hydrogen-bond donors (Lipinski definition) is 0. The van der Waals surface area contributed by atoms with Crippen LogP contribution in [-0.4, -0.2) is 67.7 Å². The van der Waals surface area contributed by atoms with Crippen LogP contribution in [0.2, 0.25) is 0 Å². The number of benzene rings is 1. The Morgan fingerprint density at radius 1 is 0.927 bits per heavy atom. The number of imide groups is 1. The van der Waals surface area contributed by atoms with Gasteiger partial charge >= 0.3 is 6.09 Å². The highest BCUT2D eigenvalue weighted by molar-refractivity contribution is 6.21. The van der Waals surface area contributed by atoms with Crippen molar-refractivity contribution in [3.8, 4) is 11.3 Å². The highest BCUT2D eigenvalue weighted by Crippen LogP contribution is 2.46. The van der Waals surface area contributed by atoms with Gasteiger partial charge in [-0.3, -0.25) is 24.2 Å². The van der Waals surface area contributed by atoms with E-state index in [1.54, 1.807) is 29.2 Å². The van der Waals surface area contributed by atoms with Crippen molar-refractivity contribution in [3.63, 3.8) is 0 Å². The maximum atomic E-state index is 12.8. The lowest BCUT2D eigenvalue weighted by molar-refractivity contribution is 0.00786. The number of carbonyl (C=O) groups is 3. The van der Waals surface area contributed by atoms with Crippen LogP contribution in [0.4, 0.5) is 4.79 Å². The minimum absolute atomic E-state index is 0.182. The van der Waals surface area contributed by atoms with Gasteiger partial charge in [-0.1, -0.05) is 18.2 Å². The number of carbonyl (C=O) groups excluding carboxylic acids is 3. The van der Waals surface area contributed by atoms with Crippen molar-refractivity contribution in [1.29, 1.82) is 0 Å². The fourth-order valence-electron chi connectivity index (χ4n) is 6.15. The van der Waals surface area contributed by atoms with Crippen molar-refractivity contribution >= 4 is 17.9 Å². The van der Waals surface area contributed by atoms with Gasteiger partial charge < -0.3 is 9.64 Å². The van der Waals surface area contributed by atoms with Gasteiger partial charge in [0.1, 0.15) is 5.60 Å². The molecule has 2 aliphatic carbocycles. The molecule has 0 spiro atoms. The molecule has 3 fully saturated rings. The van der Waals surface area contributed by atoms with Crippen molar-refractivity contribution in [1.82, 2.24) is 24.6 Å². The third-order valence-corrected chi connectivity index (χ3v) is 8.63. The molecule has 0 atom stereocenters. The van der Waals surface area contributed by atoms with Gasteiger partial charge in [-0.15, -0.1) is 0 Å². The van der Waals surface area contributed by atoms with E-state index in [4.69, 9.17) is 14.8 Å². The molecule has 4 heterocycles. The molecule has 3 aromatic rings. The molecule has 41 heavy (non-hydrogen) atoms. The van der Waals surface area contributed by atoms with Gasteiger partial charge in [-0.25, -0.2) is 4.79 Å². The van der Waals surface area contributed by atoms with Crippen LogP contribution in [0.5, 0.6) is 0 Å². The monoisotopic (exact) mass is 553 g/mol.